The number of nitrogens with one attached hydrogen (secondary N) is 1. The number of hydrogen-bond acceptors (Lipinski definition) is 6. The van der Waals surface area contributed by atoms with E-state index in [1.54, 1.807) is 19.2 Å². The lowest BCUT2D eigenvalue weighted by atomic mass is 10.1. The zero-order valence-corrected chi connectivity index (χ0v) is 19.6. The van der Waals surface area contributed by atoms with Crippen LogP contribution in [0.4, 0.5) is 9.52 Å². The van der Waals surface area contributed by atoms with Gasteiger partial charge in [-0.2, -0.15) is 4.37 Å². The summed E-state index contributed by atoms with van der Waals surface area (Å²) in [5.74, 6) is 1.03. The van der Waals surface area contributed by atoms with E-state index in [1.165, 1.54) is 23.7 Å². The average molecular weight is 477 g/mol. The summed E-state index contributed by atoms with van der Waals surface area (Å²) in [5, 5.41) is 3.58. The lowest BCUT2D eigenvalue weighted by molar-refractivity contribution is -0.119. The van der Waals surface area contributed by atoms with Gasteiger partial charge in [0.15, 0.2) is 0 Å². The Kier molecular flexibility index (Phi) is 7.83. The molecule has 0 aliphatic carbocycles. The first-order valence-electron chi connectivity index (χ1n) is 10.8. The van der Waals surface area contributed by atoms with E-state index >= 15 is 0 Å². The van der Waals surface area contributed by atoms with Gasteiger partial charge in [0.2, 0.25) is 11.0 Å². The standard InChI is InChI=1S/C26H25FN4O2S/c1-33-23-9-5-8-21(14-23)15-24-29-26(34-30-24)31(17-20-6-3-2-4-7-20)18-25(32)28-16-19-10-12-22(27)13-11-19/h2-14H,15-18H2,1H3,(H,28,32). The highest BCUT2D eigenvalue weighted by molar-refractivity contribution is 7.09. The van der Waals surface area contributed by atoms with Gasteiger partial charge in [-0.15, -0.1) is 0 Å². The van der Waals surface area contributed by atoms with E-state index in [9.17, 15) is 9.18 Å². The fraction of sp³-hybridized carbons (Fsp3) is 0.192. The lowest BCUT2D eigenvalue weighted by Gasteiger charge is -2.21. The molecule has 34 heavy (non-hydrogen) atoms. The van der Waals surface area contributed by atoms with Gasteiger partial charge in [-0.1, -0.05) is 54.6 Å². The fourth-order valence-electron chi connectivity index (χ4n) is 3.44. The molecule has 0 saturated carbocycles. The molecule has 174 valence electrons. The van der Waals surface area contributed by atoms with Gasteiger partial charge in [-0.3, -0.25) is 4.79 Å². The second-order valence-corrected chi connectivity index (χ2v) is 8.50. The van der Waals surface area contributed by atoms with Crippen molar-refractivity contribution in [3.05, 3.63) is 107 Å². The molecule has 4 aromatic rings. The van der Waals surface area contributed by atoms with Gasteiger partial charge >= 0.3 is 0 Å². The monoisotopic (exact) mass is 476 g/mol. The minimum absolute atomic E-state index is 0.129. The molecule has 0 saturated heterocycles. The predicted octanol–water partition coefficient (Wildman–Crippen LogP) is 4.60. The third kappa shape index (κ3) is 6.62. The molecule has 0 fully saturated rings. The van der Waals surface area contributed by atoms with Crippen molar-refractivity contribution in [3.8, 4) is 5.75 Å². The zero-order chi connectivity index (χ0) is 23.8. The first-order chi connectivity index (χ1) is 16.6. The van der Waals surface area contributed by atoms with Crippen molar-refractivity contribution < 1.29 is 13.9 Å². The molecule has 3 aromatic carbocycles. The van der Waals surface area contributed by atoms with Crippen LogP contribution in [0.3, 0.4) is 0 Å². The Morgan fingerprint density at radius 1 is 1.00 bits per heavy atom. The number of ether oxygens (including phenoxy) is 1. The van der Waals surface area contributed by atoms with Crippen LogP contribution in [0, 0.1) is 5.82 Å². The molecule has 0 aliphatic heterocycles. The Hall–Kier alpha value is -3.78. The number of benzene rings is 3. The maximum atomic E-state index is 13.1. The number of amides is 1. The number of hydrogen-bond donors (Lipinski definition) is 1. The summed E-state index contributed by atoms with van der Waals surface area (Å²) in [6, 6.07) is 23.8. The molecule has 1 aromatic heterocycles. The highest BCUT2D eigenvalue weighted by Gasteiger charge is 2.17. The first-order valence-corrected chi connectivity index (χ1v) is 11.6. The van der Waals surface area contributed by atoms with Crippen LogP contribution in [-0.2, 0) is 24.3 Å². The van der Waals surface area contributed by atoms with Gasteiger partial charge in [0.1, 0.15) is 17.4 Å². The van der Waals surface area contributed by atoms with Crippen LogP contribution in [0.15, 0.2) is 78.9 Å². The quantitative estimate of drug-likeness (QED) is 0.362. The van der Waals surface area contributed by atoms with E-state index in [4.69, 9.17) is 9.72 Å². The smallest absolute Gasteiger partial charge is 0.239 e. The zero-order valence-electron chi connectivity index (χ0n) is 18.8. The molecule has 0 bridgehead atoms. The molecule has 6 nitrogen and oxygen atoms in total. The van der Waals surface area contributed by atoms with Crippen LogP contribution in [-0.4, -0.2) is 28.9 Å². The molecule has 0 unspecified atom stereocenters. The number of nitrogens with zero attached hydrogens (tertiary/aromatic N) is 3. The van der Waals surface area contributed by atoms with Crippen LogP contribution >= 0.6 is 11.5 Å². The highest BCUT2D eigenvalue weighted by Crippen LogP contribution is 2.22. The summed E-state index contributed by atoms with van der Waals surface area (Å²) in [5.41, 5.74) is 2.95. The number of anilines is 1. The molecular weight excluding hydrogens is 451 g/mol. The van der Waals surface area contributed by atoms with E-state index in [0.29, 0.717) is 30.5 Å². The minimum atomic E-state index is -0.301. The summed E-state index contributed by atoms with van der Waals surface area (Å²) in [4.78, 5) is 19.4. The Balaban J connectivity index is 1.45. The number of rotatable bonds is 10. The van der Waals surface area contributed by atoms with Gasteiger partial charge < -0.3 is 15.0 Å². The molecule has 4 rings (SSSR count). The Morgan fingerprint density at radius 3 is 2.53 bits per heavy atom. The number of carbonyl (C=O) groups excluding carboxylic acids is 1. The summed E-state index contributed by atoms with van der Waals surface area (Å²) >= 11 is 1.28. The number of halogens is 1. The van der Waals surface area contributed by atoms with E-state index in [0.717, 1.165) is 22.4 Å². The van der Waals surface area contributed by atoms with Gasteiger partial charge in [-0.05, 0) is 41.0 Å². The van der Waals surface area contributed by atoms with Crippen LogP contribution < -0.4 is 15.0 Å². The van der Waals surface area contributed by atoms with Gasteiger partial charge in [0.05, 0.1) is 13.7 Å². The first kappa shape index (κ1) is 23.4. The van der Waals surface area contributed by atoms with E-state index < -0.39 is 0 Å². The normalized spacial score (nSPS) is 10.6. The molecule has 0 spiro atoms. The van der Waals surface area contributed by atoms with Crippen molar-refractivity contribution in [2.24, 2.45) is 0 Å². The van der Waals surface area contributed by atoms with Crippen molar-refractivity contribution >= 4 is 22.6 Å². The van der Waals surface area contributed by atoms with E-state index in [1.807, 2.05) is 59.5 Å². The van der Waals surface area contributed by atoms with Crippen molar-refractivity contribution in [1.29, 1.82) is 0 Å². The van der Waals surface area contributed by atoms with Crippen LogP contribution in [0.5, 0.6) is 5.75 Å². The summed E-state index contributed by atoms with van der Waals surface area (Å²) in [6.07, 6.45) is 0.573. The molecule has 1 amide bonds. The van der Waals surface area contributed by atoms with Crippen molar-refractivity contribution in [1.82, 2.24) is 14.7 Å². The van der Waals surface area contributed by atoms with Crippen LogP contribution in [0.25, 0.3) is 0 Å². The fourth-order valence-corrected chi connectivity index (χ4v) is 4.12. The molecule has 1 N–H and O–H groups in total. The largest absolute Gasteiger partial charge is 0.497 e. The average Bonchev–Trinajstić information content (AvgIpc) is 3.32. The van der Waals surface area contributed by atoms with Crippen LogP contribution in [0.2, 0.25) is 0 Å². The third-order valence-electron chi connectivity index (χ3n) is 5.18. The molecule has 0 aliphatic rings. The second-order valence-electron chi connectivity index (χ2n) is 7.77. The Morgan fingerprint density at radius 2 is 1.76 bits per heavy atom. The minimum Gasteiger partial charge on any atom is -0.497 e. The number of carbonyl (C=O) groups is 1. The number of aromatic nitrogens is 2. The Labute approximate surface area is 202 Å². The summed E-state index contributed by atoms with van der Waals surface area (Å²) in [7, 11) is 1.64. The van der Waals surface area contributed by atoms with E-state index in [2.05, 4.69) is 9.69 Å². The molecular formula is C26H25FN4O2S. The maximum absolute atomic E-state index is 13.1. The van der Waals surface area contributed by atoms with E-state index in [-0.39, 0.29) is 18.3 Å². The molecule has 0 radical (unpaired) electrons. The van der Waals surface area contributed by atoms with Crippen molar-refractivity contribution in [2.75, 3.05) is 18.6 Å². The highest BCUT2D eigenvalue weighted by atomic mass is 32.1. The lowest BCUT2D eigenvalue weighted by Crippen LogP contribution is -2.36. The topological polar surface area (TPSA) is 67.3 Å². The SMILES string of the molecule is COc1cccc(Cc2nsc(N(CC(=O)NCc3ccc(F)cc3)Cc3ccccc3)n2)c1. The summed E-state index contributed by atoms with van der Waals surface area (Å²) < 4.78 is 22.9. The third-order valence-corrected chi connectivity index (χ3v) is 5.99. The molecule has 0 atom stereocenters. The van der Waals surface area contributed by atoms with Crippen molar-refractivity contribution in [2.45, 2.75) is 19.5 Å². The molecule has 1 heterocycles. The van der Waals surface area contributed by atoms with Gasteiger partial charge in [-0.25, -0.2) is 9.37 Å². The van der Waals surface area contributed by atoms with Crippen LogP contribution in [0.1, 0.15) is 22.5 Å². The predicted molar refractivity (Wildman–Crippen MR) is 131 cm³/mol. The second kappa shape index (κ2) is 11.4. The number of methoxy groups -OCH3 is 1. The molecule has 8 heteroatoms. The van der Waals surface area contributed by atoms with Crippen molar-refractivity contribution in [3.63, 3.8) is 0 Å². The maximum Gasteiger partial charge on any atom is 0.239 e. The van der Waals surface area contributed by atoms with Gasteiger partial charge in [0, 0.05) is 31.0 Å². The van der Waals surface area contributed by atoms with Gasteiger partial charge in [0.25, 0.3) is 0 Å². The summed E-state index contributed by atoms with van der Waals surface area (Å²) in [6.45, 7) is 0.984. The Bertz CT molecular complexity index is 1210.